The molecule has 1 aromatic rings. The van der Waals surface area contributed by atoms with Crippen LogP contribution in [-0.2, 0) is 16.0 Å². The summed E-state index contributed by atoms with van der Waals surface area (Å²) in [7, 11) is 0. The summed E-state index contributed by atoms with van der Waals surface area (Å²) in [6.07, 6.45) is -3.04. The molecule has 0 aliphatic rings. The van der Waals surface area contributed by atoms with Gasteiger partial charge in [0.15, 0.2) is 0 Å². The number of rotatable bonds is 4. The Morgan fingerprint density at radius 2 is 2.17 bits per heavy atom. The minimum absolute atomic E-state index is 0.0631. The molecule has 0 N–H and O–H groups in total. The van der Waals surface area contributed by atoms with Crippen molar-refractivity contribution in [2.45, 2.75) is 26.7 Å². The predicted molar refractivity (Wildman–Crippen MR) is 61.2 cm³/mol. The molecule has 0 saturated carbocycles. The van der Waals surface area contributed by atoms with E-state index in [0.717, 1.165) is 0 Å². The van der Waals surface area contributed by atoms with Crippen molar-refractivity contribution in [2.24, 2.45) is 0 Å². The molecule has 1 rings (SSSR count). The Kier molecular flexibility index (Phi) is 4.78. The number of alkyl halides is 2. The molecule has 0 atom stereocenters. The molecule has 0 aromatic heterocycles. The second kappa shape index (κ2) is 6.10. The molecule has 18 heavy (non-hydrogen) atoms. The van der Waals surface area contributed by atoms with Crippen LogP contribution in [0.1, 0.15) is 35.6 Å². The number of hydrogen-bond acceptors (Lipinski definition) is 3. The summed E-state index contributed by atoms with van der Waals surface area (Å²) in [6, 6.07) is 4.75. The van der Waals surface area contributed by atoms with Crippen molar-refractivity contribution in [1.82, 2.24) is 0 Å². The smallest absolute Gasteiger partial charge is 0.310 e. The Morgan fingerprint density at radius 1 is 1.50 bits per heavy atom. The first-order valence-electron chi connectivity index (χ1n) is 5.47. The van der Waals surface area contributed by atoms with Crippen molar-refractivity contribution in [2.75, 3.05) is 6.61 Å². The molecular formula is C13H13F2NO2. The van der Waals surface area contributed by atoms with Gasteiger partial charge in [-0.05, 0) is 25.0 Å². The van der Waals surface area contributed by atoms with Crippen molar-refractivity contribution >= 4 is 5.97 Å². The van der Waals surface area contributed by atoms with Crippen molar-refractivity contribution in [1.29, 1.82) is 5.26 Å². The zero-order valence-corrected chi connectivity index (χ0v) is 10.2. The average Bonchev–Trinajstić information content (AvgIpc) is 2.30. The maximum absolute atomic E-state index is 13.0. The zero-order valence-electron chi connectivity index (χ0n) is 10.2. The van der Waals surface area contributed by atoms with E-state index < -0.39 is 12.4 Å². The van der Waals surface area contributed by atoms with Gasteiger partial charge in [0.1, 0.15) is 0 Å². The molecule has 0 bridgehead atoms. The third-order valence-electron chi connectivity index (χ3n) is 2.51. The molecule has 0 spiro atoms. The maximum Gasteiger partial charge on any atom is 0.310 e. The molecule has 0 aliphatic carbocycles. The van der Waals surface area contributed by atoms with Crippen LogP contribution in [0, 0.1) is 18.3 Å². The Hall–Kier alpha value is -1.96. The topological polar surface area (TPSA) is 50.1 Å². The van der Waals surface area contributed by atoms with Gasteiger partial charge in [-0.2, -0.15) is 5.26 Å². The number of ether oxygens (including phenoxy) is 1. The van der Waals surface area contributed by atoms with E-state index in [0.29, 0.717) is 5.56 Å². The first kappa shape index (κ1) is 14.1. The van der Waals surface area contributed by atoms with Crippen LogP contribution in [-0.4, -0.2) is 12.6 Å². The Bertz CT molecular complexity index is 492. The molecule has 5 heteroatoms. The van der Waals surface area contributed by atoms with Gasteiger partial charge in [-0.1, -0.05) is 12.1 Å². The molecule has 1 aromatic carbocycles. The molecule has 0 heterocycles. The van der Waals surface area contributed by atoms with Gasteiger partial charge in [-0.25, -0.2) is 8.78 Å². The number of benzene rings is 1. The number of nitrogens with zero attached hydrogens (tertiary/aromatic N) is 1. The predicted octanol–water partition coefficient (Wildman–Crippen LogP) is 2.91. The van der Waals surface area contributed by atoms with E-state index in [9.17, 15) is 13.6 Å². The quantitative estimate of drug-likeness (QED) is 0.775. The van der Waals surface area contributed by atoms with Gasteiger partial charge in [0.05, 0.1) is 24.7 Å². The number of aryl methyl sites for hydroxylation is 1. The lowest BCUT2D eigenvalue weighted by atomic mass is 9.96. The van der Waals surface area contributed by atoms with E-state index in [2.05, 4.69) is 0 Å². The molecular weight excluding hydrogens is 240 g/mol. The normalized spacial score (nSPS) is 10.2. The van der Waals surface area contributed by atoms with E-state index in [1.807, 2.05) is 0 Å². The molecule has 0 unspecified atom stereocenters. The summed E-state index contributed by atoms with van der Waals surface area (Å²) in [5.74, 6) is -0.577. The van der Waals surface area contributed by atoms with Crippen LogP contribution in [0.4, 0.5) is 8.78 Å². The highest BCUT2D eigenvalue weighted by Crippen LogP contribution is 2.29. The van der Waals surface area contributed by atoms with Crippen LogP contribution >= 0.6 is 0 Å². The first-order valence-corrected chi connectivity index (χ1v) is 5.47. The van der Waals surface area contributed by atoms with Gasteiger partial charge in [0, 0.05) is 5.56 Å². The van der Waals surface area contributed by atoms with Crippen molar-refractivity contribution in [3.8, 4) is 6.07 Å². The van der Waals surface area contributed by atoms with E-state index in [-0.39, 0.29) is 29.7 Å². The lowest BCUT2D eigenvalue weighted by Gasteiger charge is -2.12. The van der Waals surface area contributed by atoms with Crippen LogP contribution in [0.15, 0.2) is 12.1 Å². The standard InChI is InChI=1S/C13H13F2NO2/c1-3-18-11(17)6-9-5-4-8(2)10(7-16)12(9)13(14)15/h4-5,13H,3,6H2,1-2H3. The Balaban J connectivity index is 3.20. The van der Waals surface area contributed by atoms with Crippen LogP contribution in [0.5, 0.6) is 0 Å². The fourth-order valence-electron chi connectivity index (χ4n) is 1.69. The lowest BCUT2D eigenvalue weighted by Crippen LogP contribution is -2.11. The third-order valence-corrected chi connectivity index (χ3v) is 2.51. The lowest BCUT2D eigenvalue weighted by molar-refractivity contribution is -0.142. The van der Waals surface area contributed by atoms with Gasteiger partial charge in [-0.3, -0.25) is 4.79 Å². The van der Waals surface area contributed by atoms with Gasteiger partial charge in [-0.15, -0.1) is 0 Å². The Labute approximate surface area is 104 Å². The molecule has 0 saturated heterocycles. The zero-order chi connectivity index (χ0) is 13.7. The molecule has 0 radical (unpaired) electrons. The summed E-state index contributed by atoms with van der Waals surface area (Å²) >= 11 is 0. The van der Waals surface area contributed by atoms with E-state index >= 15 is 0 Å². The van der Waals surface area contributed by atoms with Crippen molar-refractivity contribution in [3.05, 3.63) is 34.4 Å². The van der Waals surface area contributed by atoms with E-state index in [4.69, 9.17) is 10.00 Å². The highest BCUT2D eigenvalue weighted by molar-refractivity contribution is 5.73. The third kappa shape index (κ3) is 3.04. The van der Waals surface area contributed by atoms with Crippen LogP contribution in [0.3, 0.4) is 0 Å². The van der Waals surface area contributed by atoms with Gasteiger partial charge in [0.2, 0.25) is 0 Å². The monoisotopic (exact) mass is 253 g/mol. The number of carbonyl (C=O) groups excluding carboxylic acids is 1. The minimum atomic E-state index is -2.79. The summed E-state index contributed by atoms with van der Waals surface area (Å²) < 4.78 is 30.7. The number of carbonyl (C=O) groups is 1. The van der Waals surface area contributed by atoms with E-state index in [1.165, 1.54) is 6.07 Å². The fourth-order valence-corrected chi connectivity index (χ4v) is 1.69. The first-order chi connectivity index (χ1) is 8.51. The van der Waals surface area contributed by atoms with Crippen molar-refractivity contribution in [3.63, 3.8) is 0 Å². The second-order valence-corrected chi connectivity index (χ2v) is 3.72. The van der Waals surface area contributed by atoms with Crippen molar-refractivity contribution < 1.29 is 18.3 Å². The van der Waals surface area contributed by atoms with E-state index in [1.54, 1.807) is 26.0 Å². The Morgan fingerprint density at radius 3 is 2.67 bits per heavy atom. The van der Waals surface area contributed by atoms with Gasteiger partial charge in [0.25, 0.3) is 6.43 Å². The molecule has 0 amide bonds. The molecule has 96 valence electrons. The fraction of sp³-hybridized carbons (Fsp3) is 0.385. The number of nitriles is 1. The SMILES string of the molecule is CCOC(=O)Cc1ccc(C)c(C#N)c1C(F)F. The van der Waals surface area contributed by atoms with Gasteiger partial charge >= 0.3 is 5.97 Å². The maximum atomic E-state index is 13.0. The summed E-state index contributed by atoms with van der Waals surface area (Å²) in [6.45, 7) is 3.42. The molecule has 0 aliphatic heterocycles. The van der Waals surface area contributed by atoms with Crippen LogP contribution < -0.4 is 0 Å². The molecule has 0 fully saturated rings. The number of halogens is 2. The summed E-state index contributed by atoms with van der Waals surface area (Å²) in [5.41, 5.74) is 0.184. The highest BCUT2D eigenvalue weighted by Gasteiger charge is 2.21. The number of esters is 1. The average molecular weight is 253 g/mol. The number of hydrogen-bond donors (Lipinski definition) is 0. The highest BCUT2D eigenvalue weighted by atomic mass is 19.3. The van der Waals surface area contributed by atoms with Crippen LogP contribution in [0.25, 0.3) is 0 Å². The van der Waals surface area contributed by atoms with Crippen LogP contribution in [0.2, 0.25) is 0 Å². The minimum Gasteiger partial charge on any atom is -0.466 e. The summed E-state index contributed by atoms with van der Waals surface area (Å²) in [4.78, 5) is 11.3. The largest absolute Gasteiger partial charge is 0.466 e. The van der Waals surface area contributed by atoms with Gasteiger partial charge < -0.3 is 4.74 Å². The summed E-state index contributed by atoms with van der Waals surface area (Å²) in [5, 5.41) is 8.91. The molecule has 3 nitrogen and oxygen atoms in total. The second-order valence-electron chi connectivity index (χ2n) is 3.72.